The molecule has 0 bridgehead atoms. The number of fused-ring (bicyclic) bond motifs is 1. The highest BCUT2D eigenvalue weighted by atomic mass is 35.5. The maximum Gasteiger partial charge on any atom is 0.256 e. The van der Waals surface area contributed by atoms with Crippen molar-refractivity contribution < 1.29 is 4.42 Å². The Kier molecular flexibility index (Phi) is 4.19. The number of aromatic nitrogens is 5. The highest BCUT2D eigenvalue weighted by Crippen LogP contribution is 2.27. The van der Waals surface area contributed by atoms with Gasteiger partial charge in [-0.2, -0.15) is 0 Å². The standard InChI is InChI=1S/C17H14ClN5OS/c1-10-6-11(2)23-16(20-10)21-22-17(23)25-9-15-19-8-14(24-15)12-4-3-5-13(18)7-12/h3-8H,9H2,1-2H3. The lowest BCUT2D eigenvalue weighted by atomic mass is 10.2. The number of aryl methyl sites for hydroxylation is 2. The maximum atomic E-state index is 6.02. The van der Waals surface area contributed by atoms with Crippen LogP contribution in [-0.4, -0.2) is 24.6 Å². The van der Waals surface area contributed by atoms with E-state index in [0.29, 0.717) is 28.2 Å². The molecular weight excluding hydrogens is 358 g/mol. The fourth-order valence-electron chi connectivity index (χ4n) is 2.57. The SMILES string of the molecule is Cc1cc(C)n2c(SCc3ncc(-c4cccc(Cl)c4)o3)nnc2n1. The number of nitrogens with zero attached hydrogens (tertiary/aromatic N) is 5. The first-order valence-electron chi connectivity index (χ1n) is 7.63. The summed E-state index contributed by atoms with van der Waals surface area (Å²) >= 11 is 7.53. The molecule has 126 valence electrons. The van der Waals surface area contributed by atoms with Crippen molar-refractivity contribution in [2.45, 2.75) is 24.8 Å². The lowest BCUT2D eigenvalue weighted by molar-refractivity contribution is 0.529. The second-order valence-electron chi connectivity index (χ2n) is 5.57. The normalized spacial score (nSPS) is 11.3. The average Bonchev–Trinajstić information content (AvgIpc) is 3.19. The van der Waals surface area contributed by atoms with Crippen molar-refractivity contribution in [3.63, 3.8) is 0 Å². The van der Waals surface area contributed by atoms with Gasteiger partial charge in [0, 0.05) is 22.0 Å². The molecule has 3 aromatic heterocycles. The summed E-state index contributed by atoms with van der Waals surface area (Å²) < 4.78 is 7.75. The number of hydrogen-bond donors (Lipinski definition) is 0. The van der Waals surface area contributed by atoms with Crippen LogP contribution in [0.1, 0.15) is 17.3 Å². The van der Waals surface area contributed by atoms with Crippen LogP contribution in [0.4, 0.5) is 0 Å². The molecule has 0 atom stereocenters. The monoisotopic (exact) mass is 371 g/mol. The van der Waals surface area contributed by atoms with Gasteiger partial charge < -0.3 is 4.42 Å². The average molecular weight is 372 g/mol. The van der Waals surface area contributed by atoms with Gasteiger partial charge in [0.05, 0.1) is 11.9 Å². The highest BCUT2D eigenvalue weighted by molar-refractivity contribution is 7.98. The van der Waals surface area contributed by atoms with Gasteiger partial charge in [0.25, 0.3) is 5.78 Å². The van der Waals surface area contributed by atoms with E-state index < -0.39 is 0 Å². The zero-order valence-electron chi connectivity index (χ0n) is 13.6. The Balaban J connectivity index is 1.55. The van der Waals surface area contributed by atoms with Crippen LogP contribution in [0.2, 0.25) is 5.02 Å². The number of benzene rings is 1. The Bertz CT molecular complexity index is 1060. The molecule has 0 aliphatic rings. The zero-order chi connectivity index (χ0) is 17.4. The van der Waals surface area contributed by atoms with Crippen LogP contribution >= 0.6 is 23.4 Å². The molecule has 3 heterocycles. The summed E-state index contributed by atoms with van der Waals surface area (Å²) in [4.78, 5) is 8.72. The van der Waals surface area contributed by atoms with Crippen molar-refractivity contribution in [1.82, 2.24) is 24.6 Å². The van der Waals surface area contributed by atoms with E-state index in [1.165, 1.54) is 11.8 Å². The van der Waals surface area contributed by atoms with Crippen molar-refractivity contribution in [3.8, 4) is 11.3 Å². The van der Waals surface area contributed by atoms with E-state index in [9.17, 15) is 0 Å². The van der Waals surface area contributed by atoms with Gasteiger partial charge in [-0.05, 0) is 32.0 Å². The Morgan fingerprint density at radius 2 is 2.08 bits per heavy atom. The quantitative estimate of drug-likeness (QED) is 0.497. The molecule has 8 heteroatoms. The van der Waals surface area contributed by atoms with Gasteiger partial charge in [-0.25, -0.2) is 9.97 Å². The summed E-state index contributed by atoms with van der Waals surface area (Å²) in [5.41, 5.74) is 2.87. The predicted molar refractivity (Wildman–Crippen MR) is 96.8 cm³/mol. The highest BCUT2D eigenvalue weighted by Gasteiger charge is 2.13. The molecule has 1 aromatic carbocycles. The molecule has 0 aliphatic heterocycles. The van der Waals surface area contributed by atoms with Crippen molar-refractivity contribution in [3.05, 3.63) is 58.8 Å². The van der Waals surface area contributed by atoms with E-state index in [1.807, 2.05) is 48.6 Å². The van der Waals surface area contributed by atoms with Gasteiger partial charge in [0.1, 0.15) is 0 Å². The number of thioether (sulfide) groups is 1. The van der Waals surface area contributed by atoms with Gasteiger partial charge in [0.2, 0.25) is 5.89 Å². The predicted octanol–water partition coefficient (Wildman–Crippen LogP) is 4.34. The first-order valence-corrected chi connectivity index (χ1v) is 8.99. The maximum absolute atomic E-state index is 6.02. The Morgan fingerprint density at radius 1 is 1.20 bits per heavy atom. The van der Waals surface area contributed by atoms with E-state index in [4.69, 9.17) is 16.0 Å². The minimum atomic E-state index is 0.550. The van der Waals surface area contributed by atoms with Gasteiger partial charge in [-0.3, -0.25) is 4.40 Å². The van der Waals surface area contributed by atoms with Crippen LogP contribution in [-0.2, 0) is 5.75 Å². The third-order valence-electron chi connectivity index (χ3n) is 3.65. The minimum absolute atomic E-state index is 0.550. The second kappa shape index (κ2) is 6.50. The molecule has 6 nitrogen and oxygen atoms in total. The third kappa shape index (κ3) is 3.25. The van der Waals surface area contributed by atoms with Gasteiger partial charge in [0.15, 0.2) is 10.9 Å². The Hall–Kier alpha value is -2.38. The largest absolute Gasteiger partial charge is 0.440 e. The molecular formula is C17H14ClN5OS. The molecule has 0 radical (unpaired) electrons. The topological polar surface area (TPSA) is 69.1 Å². The van der Waals surface area contributed by atoms with Crippen LogP contribution in [0, 0.1) is 13.8 Å². The smallest absolute Gasteiger partial charge is 0.256 e. The first kappa shape index (κ1) is 16.1. The number of oxazole rings is 1. The van der Waals surface area contributed by atoms with Crippen LogP contribution in [0.15, 0.2) is 46.1 Å². The summed E-state index contributed by atoms with van der Waals surface area (Å²) in [7, 11) is 0. The Labute approximate surface area is 153 Å². The van der Waals surface area contributed by atoms with Crippen LogP contribution in [0.3, 0.4) is 0 Å². The van der Waals surface area contributed by atoms with Gasteiger partial charge in [-0.1, -0.05) is 35.5 Å². The number of rotatable bonds is 4. The summed E-state index contributed by atoms with van der Waals surface area (Å²) in [6.45, 7) is 3.95. The summed E-state index contributed by atoms with van der Waals surface area (Å²) in [6, 6.07) is 9.50. The van der Waals surface area contributed by atoms with Crippen LogP contribution in [0.5, 0.6) is 0 Å². The molecule has 0 unspecified atom stereocenters. The van der Waals surface area contributed by atoms with E-state index in [-0.39, 0.29) is 0 Å². The molecule has 0 aliphatic carbocycles. The van der Waals surface area contributed by atoms with Gasteiger partial charge >= 0.3 is 0 Å². The zero-order valence-corrected chi connectivity index (χ0v) is 15.2. The van der Waals surface area contributed by atoms with E-state index in [2.05, 4.69) is 20.2 Å². The molecule has 0 spiro atoms. The van der Waals surface area contributed by atoms with Crippen molar-refractivity contribution in [2.75, 3.05) is 0 Å². The molecule has 25 heavy (non-hydrogen) atoms. The fraction of sp³-hybridized carbons (Fsp3) is 0.176. The van der Waals surface area contributed by atoms with Crippen molar-refractivity contribution in [1.29, 1.82) is 0 Å². The number of halogens is 1. The lowest BCUT2D eigenvalue weighted by Crippen LogP contribution is -1.97. The van der Waals surface area contributed by atoms with Crippen LogP contribution in [0.25, 0.3) is 17.1 Å². The summed E-state index contributed by atoms with van der Waals surface area (Å²) in [5.74, 6) is 2.47. The summed E-state index contributed by atoms with van der Waals surface area (Å²) in [6.07, 6.45) is 1.71. The van der Waals surface area contributed by atoms with E-state index in [0.717, 1.165) is 22.1 Å². The van der Waals surface area contributed by atoms with E-state index in [1.54, 1.807) is 6.20 Å². The van der Waals surface area contributed by atoms with Crippen molar-refractivity contribution >= 4 is 29.1 Å². The van der Waals surface area contributed by atoms with E-state index >= 15 is 0 Å². The van der Waals surface area contributed by atoms with Crippen molar-refractivity contribution in [2.24, 2.45) is 0 Å². The molecule has 4 aromatic rings. The minimum Gasteiger partial charge on any atom is -0.440 e. The Morgan fingerprint density at radius 3 is 2.92 bits per heavy atom. The lowest BCUT2D eigenvalue weighted by Gasteiger charge is -2.03. The summed E-state index contributed by atoms with van der Waals surface area (Å²) in [5, 5.41) is 9.78. The second-order valence-corrected chi connectivity index (χ2v) is 6.95. The first-order chi connectivity index (χ1) is 12.1. The van der Waals surface area contributed by atoms with Crippen LogP contribution < -0.4 is 0 Å². The van der Waals surface area contributed by atoms with Gasteiger partial charge in [-0.15, -0.1) is 10.2 Å². The molecule has 0 saturated carbocycles. The molecule has 0 saturated heterocycles. The fourth-order valence-corrected chi connectivity index (χ4v) is 3.60. The molecule has 0 fully saturated rings. The molecule has 0 N–H and O–H groups in total. The molecule has 0 amide bonds. The third-order valence-corrected chi connectivity index (χ3v) is 4.80. The molecule has 4 rings (SSSR count). The number of hydrogen-bond acceptors (Lipinski definition) is 6.